The molecule has 0 radical (unpaired) electrons. The molecule has 0 amide bonds. The quantitative estimate of drug-likeness (QED) is 0.628. The van der Waals surface area contributed by atoms with Crippen LogP contribution in [-0.4, -0.2) is 11.1 Å². The monoisotopic (exact) mass is 342 g/mol. The van der Waals surface area contributed by atoms with Crippen LogP contribution in [0.1, 0.15) is 99.4 Å². The Balaban J connectivity index is 1.45. The van der Waals surface area contributed by atoms with Gasteiger partial charge in [-0.25, -0.2) is 4.79 Å². The summed E-state index contributed by atoms with van der Waals surface area (Å²) in [4.78, 5) is 11.0. The minimum absolute atomic E-state index is 0.400. The summed E-state index contributed by atoms with van der Waals surface area (Å²) in [7, 11) is 0. The van der Waals surface area contributed by atoms with Gasteiger partial charge in [-0.1, -0.05) is 51.2 Å². The van der Waals surface area contributed by atoms with E-state index in [1.807, 2.05) is 12.1 Å². The lowest BCUT2D eigenvalue weighted by Gasteiger charge is -2.38. The van der Waals surface area contributed by atoms with Crippen molar-refractivity contribution in [1.29, 1.82) is 0 Å². The van der Waals surface area contributed by atoms with E-state index in [1.54, 1.807) is 12.1 Å². The Kier molecular flexibility index (Phi) is 6.56. The zero-order valence-corrected chi connectivity index (χ0v) is 15.8. The number of rotatable bonds is 6. The number of hydrogen-bond donors (Lipinski definition) is 1. The predicted molar refractivity (Wildman–Crippen MR) is 103 cm³/mol. The molecule has 0 spiro atoms. The van der Waals surface area contributed by atoms with E-state index in [4.69, 9.17) is 5.11 Å². The molecule has 1 N–H and O–H groups in total. The second kappa shape index (κ2) is 8.87. The number of hydrogen-bond acceptors (Lipinski definition) is 1. The summed E-state index contributed by atoms with van der Waals surface area (Å²) in [6.07, 6.45) is 15.4. The van der Waals surface area contributed by atoms with E-state index in [0.717, 1.165) is 17.8 Å². The minimum atomic E-state index is -0.829. The molecule has 2 aliphatic rings. The smallest absolute Gasteiger partial charge is 0.335 e. The van der Waals surface area contributed by atoms with Crippen molar-refractivity contribution in [3.8, 4) is 0 Å². The van der Waals surface area contributed by atoms with Gasteiger partial charge in [-0.05, 0) is 79.9 Å². The summed E-state index contributed by atoms with van der Waals surface area (Å²) in [5.41, 5.74) is 1.74. The van der Waals surface area contributed by atoms with Crippen LogP contribution in [-0.2, 0) is 0 Å². The van der Waals surface area contributed by atoms with Crippen molar-refractivity contribution in [3.05, 3.63) is 35.4 Å². The Morgan fingerprint density at radius 3 is 2.00 bits per heavy atom. The molecule has 2 aliphatic carbocycles. The molecule has 25 heavy (non-hydrogen) atoms. The normalized spacial score (nSPS) is 30.1. The van der Waals surface area contributed by atoms with Crippen LogP contribution in [0, 0.1) is 17.8 Å². The first-order chi connectivity index (χ1) is 12.2. The molecular weight excluding hydrogens is 308 g/mol. The summed E-state index contributed by atoms with van der Waals surface area (Å²) >= 11 is 0. The molecule has 0 atom stereocenters. The first kappa shape index (κ1) is 18.5. The molecule has 0 bridgehead atoms. The SMILES string of the molecule is CCCC[C@H]1CC[C@H]([C@H]2CC[C@H](c3ccc(C(=O)O)cc3)CC2)CC1. The fourth-order valence-corrected chi connectivity index (χ4v) is 5.26. The van der Waals surface area contributed by atoms with E-state index in [9.17, 15) is 4.79 Å². The van der Waals surface area contributed by atoms with Gasteiger partial charge < -0.3 is 5.11 Å². The Labute approximate surface area is 153 Å². The highest BCUT2D eigenvalue weighted by atomic mass is 16.4. The number of benzene rings is 1. The zero-order chi connectivity index (χ0) is 17.6. The van der Waals surface area contributed by atoms with Crippen LogP contribution in [0.4, 0.5) is 0 Å². The number of aromatic carboxylic acids is 1. The van der Waals surface area contributed by atoms with Gasteiger partial charge in [0, 0.05) is 0 Å². The summed E-state index contributed by atoms with van der Waals surface area (Å²) in [5.74, 6) is 2.75. The molecule has 0 aromatic heterocycles. The largest absolute Gasteiger partial charge is 0.478 e. The second-order valence-corrected chi connectivity index (χ2v) is 8.46. The van der Waals surface area contributed by atoms with Gasteiger partial charge in [0.15, 0.2) is 0 Å². The summed E-state index contributed by atoms with van der Waals surface area (Å²) in [6, 6.07) is 7.60. The van der Waals surface area contributed by atoms with E-state index in [0.29, 0.717) is 11.5 Å². The lowest BCUT2D eigenvalue weighted by Crippen LogP contribution is -2.25. The molecule has 2 heteroatoms. The van der Waals surface area contributed by atoms with Gasteiger partial charge in [0.05, 0.1) is 5.56 Å². The number of carbonyl (C=O) groups is 1. The lowest BCUT2D eigenvalue weighted by atomic mass is 9.68. The standard InChI is InChI=1S/C23H34O2/c1-2-3-4-17-5-7-18(8-6-17)19-9-11-20(12-10-19)21-13-15-22(16-14-21)23(24)25/h13-20H,2-12H2,1H3,(H,24,25)/t17-,18-,19-,20-. The van der Waals surface area contributed by atoms with E-state index in [2.05, 4.69) is 6.92 Å². The molecule has 2 saturated carbocycles. The van der Waals surface area contributed by atoms with Gasteiger partial charge in [-0.3, -0.25) is 0 Å². The highest BCUT2D eigenvalue weighted by molar-refractivity contribution is 5.87. The van der Waals surface area contributed by atoms with E-state index >= 15 is 0 Å². The van der Waals surface area contributed by atoms with Gasteiger partial charge in [0.25, 0.3) is 0 Å². The molecule has 0 saturated heterocycles. The van der Waals surface area contributed by atoms with Crippen molar-refractivity contribution in [3.63, 3.8) is 0 Å². The zero-order valence-electron chi connectivity index (χ0n) is 15.8. The van der Waals surface area contributed by atoms with Crippen LogP contribution in [0.5, 0.6) is 0 Å². The summed E-state index contributed by atoms with van der Waals surface area (Å²) < 4.78 is 0. The Morgan fingerprint density at radius 1 is 0.920 bits per heavy atom. The molecule has 0 unspecified atom stereocenters. The molecule has 1 aromatic carbocycles. The number of carboxylic acids is 1. The Hall–Kier alpha value is -1.31. The average molecular weight is 343 g/mol. The third-order valence-corrected chi connectivity index (χ3v) is 6.92. The van der Waals surface area contributed by atoms with Crippen molar-refractivity contribution in [2.24, 2.45) is 17.8 Å². The fourth-order valence-electron chi connectivity index (χ4n) is 5.26. The molecular formula is C23H34O2. The van der Waals surface area contributed by atoms with E-state index in [1.165, 1.54) is 76.2 Å². The van der Waals surface area contributed by atoms with Gasteiger partial charge >= 0.3 is 5.97 Å². The van der Waals surface area contributed by atoms with Crippen molar-refractivity contribution in [2.45, 2.75) is 83.5 Å². The van der Waals surface area contributed by atoms with Crippen LogP contribution in [0.3, 0.4) is 0 Å². The third kappa shape index (κ3) is 4.86. The molecule has 2 fully saturated rings. The van der Waals surface area contributed by atoms with Crippen LogP contribution in [0.2, 0.25) is 0 Å². The number of carboxylic acid groups (broad SMARTS) is 1. The fraction of sp³-hybridized carbons (Fsp3) is 0.696. The van der Waals surface area contributed by atoms with Gasteiger partial charge in [-0.15, -0.1) is 0 Å². The summed E-state index contributed by atoms with van der Waals surface area (Å²) in [5, 5.41) is 9.03. The summed E-state index contributed by atoms with van der Waals surface area (Å²) in [6.45, 7) is 2.30. The van der Waals surface area contributed by atoms with Crippen LogP contribution < -0.4 is 0 Å². The van der Waals surface area contributed by atoms with Crippen LogP contribution >= 0.6 is 0 Å². The van der Waals surface area contributed by atoms with Gasteiger partial charge in [-0.2, -0.15) is 0 Å². The molecule has 138 valence electrons. The first-order valence-corrected chi connectivity index (χ1v) is 10.5. The predicted octanol–water partition coefficient (Wildman–Crippen LogP) is 6.66. The maximum absolute atomic E-state index is 11.0. The minimum Gasteiger partial charge on any atom is -0.478 e. The maximum atomic E-state index is 11.0. The lowest BCUT2D eigenvalue weighted by molar-refractivity contribution is 0.0697. The van der Waals surface area contributed by atoms with E-state index < -0.39 is 5.97 Å². The average Bonchev–Trinajstić information content (AvgIpc) is 2.67. The van der Waals surface area contributed by atoms with Crippen molar-refractivity contribution in [1.82, 2.24) is 0 Å². The van der Waals surface area contributed by atoms with Gasteiger partial charge in [0.1, 0.15) is 0 Å². The van der Waals surface area contributed by atoms with Crippen LogP contribution in [0.25, 0.3) is 0 Å². The topological polar surface area (TPSA) is 37.3 Å². The van der Waals surface area contributed by atoms with Crippen molar-refractivity contribution < 1.29 is 9.90 Å². The molecule has 3 rings (SSSR count). The van der Waals surface area contributed by atoms with Crippen LogP contribution in [0.15, 0.2) is 24.3 Å². The van der Waals surface area contributed by atoms with E-state index in [-0.39, 0.29) is 0 Å². The van der Waals surface area contributed by atoms with Gasteiger partial charge in [0.2, 0.25) is 0 Å². The molecule has 0 heterocycles. The number of unbranched alkanes of at least 4 members (excludes halogenated alkanes) is 1. The molecule has 2 nitrogen and oxygen atoms in total. The van der Waals surface area contributed by atoms with Crippen molar-refractivity contribution >= 4 is 5.97 Å². The van der Waals surface area contributed by atoms with Crippen molar-refractivity contribution in [2.75, 3.05) is 0 Å². The maximum Gasteiger partial charge on any atom is 0.335 e. The molecule has 0 aliphatic heterocycles. The second-order valence-electron chi connectivity index (χ2n) is 8.46. The third-order valence-electron chi connectivity index (χ3n) is 6.92. The highest BCUT2D eigenvalue weighted by Crippen LogP contribution is 2.44. The first-order valence-electron chi connectivity index (χ1n) is 10.5. The Morgan fingerprint density at radius 2 is 1.48 bits per heavy atom. The highest BCUT2D eigenvalue weighted by Gasteiger charge is 2.31. The Bertz CT molecular complexity index is 532. The molecule has 1 aromatic rings.